The molecule has 0 spiro atoms. The molecule has 0 saturated carbocycles. The monoisotopic (exact) mass is 350 g/mol. The lowest BCUT2D eigenvalue weighted by Gasteiger charge is -2.11. The van der Waals surface area contributed by atoms with E-state index in [1.165, 1.54) is 0 Å². The number of esters is 1. The van der Waals surface area contributed by atoms with Gasteiger partial charge < -0.3 is 20.1 Å². The van der Waals surface area contributed by atoms with Gasteiger partial charge in [-0.2, -0.15) is 0 Å². The van der Waals surface area contributed by atoms with Gasteiger partial charge in [0.25, 0.3) is 0 Å². The first-order valence-electron chi connectivity index (χ1n) is 8.61. The van der Waals surface area contributed by atoms with E-state index in [0.29, 0.717) is 0 Å². The third-order valence-corrected chi connectivity index (χ3v) is 4.14. The lowest BCUT2D eigenvalue weighted by molar-refractivity contribution is -0.137. The summed E-state index contributed by atoms with van der Waals surface area (Å²) in [6, 6.07) is 0. The largest absolute Gasteiger partial charge is 0.452 e. The molecule has 0 bridgehead atoms. The van der Waals surface area contributed by atoms with Gasteiger partial charge in [-0.3, -0.25) is 0 Å². The first kappa shape index (κ1) is 21.4. The summed E-state index contributed by atoms with van der Waals surface area (Å²) in [5.41, 5.74) is 3.08. The van der Waals surface area contributed by atoms with Crippen molar-refractivity contribution in [1.82, 2.24) is 0 Å². The molecule has 1 heterocycles. The van der Waals surface area contributed by atoms with Crippen LogP contribution in [0.15, 0.2) is 46.6 Å². The lowest BCUT2D eigenvalue weighted by atomic mass is 10.0. The van der Waals surface area contributed by atoms with Crippen molar-refractivity contribution in [3.63, 3.8) is 0 Å². The highest BCUT2D eigenvalue weighted by Crippen LogP contribution is 2.24. The van der Waals surface area contributed by atoms with Gasteiger partial charge in [-0.05, 0) is 58.6 Å². The summed E-state index contributed by atoms with van der Waals surface area (Å²) in [6.45, 7) is 7.58. The van der Waals surface area contributed by atoms with Crippen LogP contribution in [-0.4, -0.2) is 46.2 Å². The number of carbonyl (C=O) groups is 1. The highest BCUT2D eigenvalue weighted by Gasteiger charge is 2.37. The molecule has 0 aromatic heterocycles. The molecular weight excluding hydrogens is 320 g/mol. The Kier molecular flexibility index (Phi) is 8.83. The summed E-state index contributed by atoms with van der Waals surface area (Å²) < 4.78 is 5.15. The molecule has 3 N–H and O–H groups in total. The normalized spacial score (nSPS) is 24.4. The van der Waals surface area contributed by atoms with Crippen molar-refractivity contribution in [1.29, 1.82) is 0 Å². The summed E-state index contributed by atoms with van der Waals surface area (Å²) in [5.74, 6) is -0.534. The van der Waals surface area contributed by atoms with Crippen LogP contribution < -0.4 is 0 Å². The second-order valence-corrected chi connectivity index (χ2v) is 6.69. The minimum Gasteiger partial charge on any atom is -0.452 e. The van der Waals surface area contributed by atoms with Crippen LogP contribution in [0.3, 0.4) is 0 Å². The Labute approximate surface area is 150 Å². The van der Waals surface area contributed by atoms with Crippen molar-refractivity contribution in [3.8, 4) is 0 Å². The van der Waals surface area contributed by atoms with Gasteiger partial charge in [0.05, 0.1) is 18.3 Å². The van der Waals surface area contributed by atoms with Crippen LogP contribution in [0, 0.1) is 0 Å². The fourth-order valence-corrected chi connectivity index (χ4v) is 2.56. The molecule has 1 aliphatic heterocycles. The molecule has 1 saturated heterocycles. The third kappa shape index (κ3) is 6.98. The van der Waals surface area contributed by atoms with Gasteiger partial charge in [-0.1, -0.05) is 29.4 Å². The Balaban J connectivity index is 2.63. The predicted molar refractivity (Wildman–Crippen MR) is 97.9 cm³/mol. The van der Waals surface area contributed by atoms with Gasteiger partial charge in [0.1, 0.15) is 6.10 Å². The standard InChI is InChI=1S/C20H30O5/c1-13(2)12-18-19(23)16(20(24)25-18)8-9-17(22)15(4)7-5-6-14(3)10-11-21/h7-8,10,12,17-19,21-23H,5-6,9,11H2,1-4H3/b14-10-,15-7-,16-8+/t17-,18-,19+/m1/s1. The van der Waals surface area contributed by atoms with Gasteiger partial charge >= 0.3 is 5.97 Å². The molecule has 5 heteroatoms. The number of hydrogen-bond donors (Lipinski definition) is 3. The Morgan fingerprint density at radius 3 is 2.52 bits per heavy atom. The molecule has 1 rings (SSSR count). The molecule has 1 fully saturated rings. The summed E-state index contributed by atoms with van der Waals surface area (Å²) in [4.78, 5) is 11.9. The maximum Gasteiger partial charge on any atom is 0.337 e. The van der Waals surface area contributed by atoms with Crippen LogP contribution in [0.4, 0.5) is 0 Å². The van der Waals surface area contributed by atoms with Crippen LogP contribution in [0.5, 0.6) is 0 Å². The molecular formula is C20H30O5. The molecule has 0 radical (unpaired) electrons. The Morgan fingerprint density at radius 2 is 1.92 bits per heavy atom. The zero-order valence-electron chi connectivity index (χ0n) is 15.5. The first-order valence-corrected chi connectivity index (χ1v) is 8.61. The number of carbonyl (C=O) groups excluding carboxylic acids is 1. The van der Waals surface area contributed by atoms with E-state index in [1.54, 1.807) is 18.2 Å². The zero-order chi connectivity index (χ0) is 19.0. The molecule has 5 nitrogen and oxygen atoms in total. The number of ether oxygens (including phenoxy) is 1. The van der Waals surface area contributed by atoms with Crippen molar-refractivity contribution in [2.75, 3.05) is 6.61 Å². The molecule has 0 aliphatic carbocycles. The number of hydrogen-bond acceptors (Lipinski definition) is 5. The molecule has 0 amide bonds. The summed E-state index contributed by atoms with van der Waals surface area (Å²) >= 11 is 0. The Morgan fingerprint density at radius 1 is 1.24 bits per heavy atom. The van der Waals surface area contributed by atoms with E-state index in [0.717, 1.165) is 29.6 Å². The van der Waals surface area contributed by atoms with Crippen LogP contribution in [0.25, 0.3) is 0 Å². The molecule has 0 unspecified atom stereocenters. The van der Waals surface area contributed by atoms with E-state index in [2.05, 4.69) is 0 Å². The van der Waals surface area contributed by atoms with E-state index in [-0.39, 0.29) is 18.6 Å². The maximum absolute atomic E-state index is 11.9. The minimum absolute atomic E-state index is 0.0386. The molecule has 3 atom stereocenters. The van der Waals surface area contributed by atoms with Gasteiger partial charge in [-0.15, -0.1) is 0 Å². The summed E-state index contributed by atoms with van der Waals surface area (Å²) in [6.07, 6.45) is 6.47. The van der Waals surface area contributed by atoms with E-state index < -0.39 is 24.3 Å². The van der Waals surface area contributed by atoms with Crippen molar-refractivity contribution >= 4 is 5.97 Å². The van der Waals surface area contributed by atoms with Crippen LogP contribution in [-0.2, 0) is 9.53 Å². The highest BCUT2D eigenvalue weighted by atomic mass is 16.6. The third-order valence-electron chi connectivity index (χ3n) is 4.14. The van der Waals surface area contributed by atoms with Crippen LogP contribution in [0.1, 0.15) is 47.0 Å². The number of allylic oxidation sites excluding steroid dienone is 3. The fraction of sp³-hybridized carbons (Fsp3) is 0.550. The van der Waals surface area contributed by atoms with Crippen LogP contribution >= 0.6 is 0 Å². The van der Waals surface area contributed by atoms with Gasteiger partial charge in [0, 0.05) is 0 Å². The Hall–Kier alpha value is -1.69. The molecule has 140 valence electrons. The van der Waals surface area contributed by atoms with Crippen molar-refractivity contribution < 1.29 is 24.9 Å². The SMILES string of the molecule is CC(C)=C[C@H]1OC(=O)/C(=C/C[C@@H](O)/C(C)=C\CC/C(C)=C\CO)[C@@H]1O. The van der Waals surface area contributed by atoms with Crippen molar-refractivity contribution in [3.05, 3.63) is 46.6 Å². The molecule has 1 aliphatic rings. The number of cyclic esters (lactones) is 1. The average molecular weight is 350 g/mol. The molecule has 0 aromatic rings. The summed E-state index contributed by atoms with van der Waals surface area (Å²) in [5, 5.41) is 29.2. The number of rotatable bonds is 8. The maximum atomic E-state index is 11.9. The van der Waals surface area contributed by atoms with Crippen molar-refractivity contribution in [2.24, 2.45) is 0 Å². The van der Waals surface area contributed by atoms with E-state index in [1.807, 2.05) is 33.8 Å². The fourth-order valence-electron chi connectivity index (χ4n) is 2.56. The smallest absolute Gasteiger partial charge is 0.337 e. The van der Waals surface area contributed by atoms with Gasteiger partial charge in [0.2, 0.25) is 0 Å². The number of aliphatic hydroxyl groups is 3. The second-order valence-electron chi connectivity index (χ2n) is 6.69. The second kappa shape index (κ2) is 10.3. The highest BCUT2D eigenvalue weighted by molar-refractivity contribution is 5.92. The molecule has 0 aromatic carbocycles. The van der Waals surface area contributed by atoms with Crippen molar-refractivity contribution in [2.45, 2.75) is 65.3 Å². The zero-order valence-corrected chi connectivity index (χ0v) is 15.5. The van der Waals surface area contributed by atoms with E-state index in [4.69, 9.17) is 9.84 Å². The summed E-state index contributed by atoms with van der Waals surface area (Å²) in [7, 11) is 0. The first-order chi connectivity index (χ1) is 11.8. The lowest BCUT2D eigenvalue weighted by Crippen LogP contribution is -2.20. The number of aliphatic hydroxyl groups excluding tert-OH is 3. The van der Waals surface area contributed by atoms with E-state index >= 15 is 0 Å². The van der Waals surface area contributed by atoms with Crippen LogP contribution in [0.2, 0.25) is 0 Å². The predicted octanol–water partition coefficient (Wildman–Crippen LogP) is 2.58. The van der Waals surface area contributed by atoms with E-state index in [9.17, 15) is 15.0 Å². The Bertz CT molecular complexity index is 579. The van der Waals surface area contributed by atoms with Gasteiger partial charge in [0.15, 0.2) is 6.10 Å². The average Bonchev–Trinajstić information content (AvgIpc) is 2.78. The van der Waals surface area contributed by atoms with Gasteiger partial charge in [-0.25, -0.2) is 4.79 Å². The minimum atomic E-state index is -0.995. The quantitative estimate of drug-likeness (QED) is 0.356. The molecule has 25 heavy (non-hydrogen) atoms. The topological polar surface area (TPSA) is 87.0 Å².